The van der Waals surface area contributed by atoms with Crippen LogP contribution in [0, 0.1) is 5.82 Å². The van der Waals surface area contributed by atoms with Crippen LogP contribution in [0.2, 0.25) is 0 Å². The number of benzene rings is 1. The third kappa shape index (κ3) is 3.24. The van der Waals surface area contributed by atoms with Gasteiger partial charge in [0.2, 0.25) is 11.8 Å². The van der Waals surface area contributed by atoms with Gasteiger partial charge >= 0.3 is 0 Å². The van der Waals surface area contributed by atoms with E-state index in [1.165, 1.54) is 48.0 Å². The van der Waals surface area contributed by atoms with Gasteiger partial charge in [-0.2, -0.15) is 0 Å². The van der Waals surface area contributed by atoms with Crippen molar-refractivity contribution < 1.29 is 18.8 Å². The minimum Gasteiger partial charge on any atom is -0.357 e. The highest BCUT2D eigenvalue weighted by Gasteiger charge is 2.36. The van der Waals surface area contributed by atoms with Crippen molar-refractivity contribution in [2.24, 2.45) is 0 Å². The smallest absolute Gasteiger partial charge is 0.254 e. The first-order chi connectivity index (χ1) is 10.4. The Labute approximate surface area is 127 Å². The van der Waals surface area contributed by atoms with Crippen LogP contribution in [0.25, 0.3) is 0 Å². The van der Waals surface area contributed by atoms with Gasteiger partial charge < -0.3 is 15.1 Å². The lowest BCUT2D eigenvalue weighted by Crippen LogP contribution is -2.61. The van der Waals surface area contributed by atoms with Gasteiger partial charge in [0.1, 0.15) is 11.9 Å². The number of likely N-dealkylation sites (N-methyl/N-ethyl adjacent to an activating group) is 1. The van der Waals surface area contributed by atoms with E-state index in [-0.39, 0.29) is 30.8 Å². The molecule has 1 aliphatic rings. The molecule has 2 rings (SSSR count). The van der Waals surface area contributed by atoms with E-state index in [1.807, 2.05) is 0 Å². The van der Waals surface area contributed by atoms with Gasteiger partial charge in [0, 0.05) is 32.6 Å². The Balaban J connectivity index is 2.23. The summed E-state index contributed by atoms with van der Waals surface area (Å²) < 4.78 is 13.0. The second-order valence-corrected chi connectivity index (χ2v) is 5.10. The molecule has 6 nitrogen and oxygen atoms in total. The molecule has 0 aliphatic carbocycles. The fourth-order valence-corrected chi connectivity index (χ4v) is 2.46. The largest absolute Gasteiger partial charge is 0.357 e. The van der Waals surface area contributed by atoms with Crippen LogP contribution in [0.3, 0.4) is 0 Å². The van der Waals surface area contributed by atoms with Crippen molar-refractivity contribution in [3.8, 4) is 0 Å². The van der Waals surface area contributed by atoms with E-state index in [2.05, 4.69) is 5.32 Å². The van der Waals surface area contributed by atoms with Crippen LogP contribution in [0.5, 0.6) is 0 Å². The highest BCUT2D eigenvalue weighted by molar-refractivity contribution is 5.98. The summed E-state index contributed by atoms with van der Waals surface area (Å²) in [5.41, 5.74) is 0.312. The van der Waals surface area contributed by atoms with Crippen LogP contribution in [0.1, 0.15) is 17.3 Å². The lowest BCUT2D eigenvalue weighted by atomic mass is 10.1. The van der Waals surface area contributed by atoms with Gasteiger partial charge in [-0.05, 0) is 24.3 Å². The maximum atomic E-state index is 13.0. The van der Waals surface area contributed by atoms with Crippen LogP contribution in [-0.4, -0.2) is 60.2 Å². The SMILES string of the molecule is CNC(=O)[C@H]1CN(C(C)=O)CCN1C(=O)c1ccc(F)cc1. The molecule has 0 saturated carbocycles. The fourth-order valence-electron chi connectivity index (χ4n) is 2.46. The number of nitrogens with one attached hydrogen (secondary N) is 1. The van der Waals surface area contributed by atoms with Gasteiger partial charge in [0.25, 0.3) is 5.91 Å². The summed E-state index contributed by atoms with van der Waals surface area (Å²) in [6, 6.07) is 4.42. The Hall–Kier alpha value is -2.44. The van der Waals surface area contributed by atoms with Gasteiger partial charge in [-0.15, -0.1) is 0 Å². The maximum Gasteiger partial charge on any atom is 0.254 e. The standard InChI is InChI=1S/C15H18FN3O3/c1-10(20)18-7-8-19(13(9-18)14(21)17-2)15(22)11-3-5-12(16)6-4-11/h3-6,13H,7-9H2,1-2H3,(H,17,21)/t13-/m1/s1. The summed E-state index contributed by atoms with van der Waals surface area (Å²) in [5.74, 6) is -1.25. The molecule has 7 heteroatoms. The summed E-state index contributed by atoms with van der Waals surface area (Å²) in [5, 5.41) is 2.51. The van der Waals surface area contributed by atoms with Gasteiger partial charge in [-0.25, -0.2) is 4.39 Å². The van der Waals surface area contributed by atoms with E-state index < -0.39 is 11.9 Å². The molecular formula is C15H18FN3O3. The molecule has 1 N–H and O–H groups in total. The minimum absolute atomic E-state index is 0.136. The van der Waals surface area contributed by atoms with E-state index in [0.717, 1.165) is 0 Å². The van der Waals surface area contributed by atoms with E-state index in [0.29, 0.717) is 12.1 Å². The predicted octanol–water partition coefficient (Wildman–Crippen LogP) is 0.245. The van der Waals surface area contributed by atoms with Crippen LogP contribution in [0.15, 0.2) is 24.3 Å². The highest BCUT2D eigenvalue weighted by atomic mass is 19.1. The van der Waals surface area contributed by atoms with Crippen molar-refractivity contribution in [2.45, 2.75) is 13.0 Å². The Morgan fingerprint density at radius 1 is 1.18 bits per heavy atom. The third-order valence-electron chi connectivity index (χ3n) is 3.73. The maximum absolute atomic E-state index is 13.0. The van der Waals surface area contributed by atoms with E-state index in [1.54, 1.807) is 0 Å². The molecular weight excluding hydrogens is 289 g/mol. The first-order valence-corrected chi connectivity index (χ1v) is 6.97. The molecule has 0 bridgehead atoms. The van der Waals surface area contributed by atoms with Crippen molar-refractivity contribution in [1.82, 2.24) is 15.1 Å². The fraction of sp³-hybridized carbons (Fsp3) is 0.400. The van der Waals surface area contributed by atoms with Crippen molar-refractivity contribution >= 4 is 17.7 Å². The summed E-state index contributed by atoms with van der Waals surface area (Å²) in [6.07, 6.45) is 0. The number of piperazine rings is 1. The second-order valence-electron chi connectivity index (χ2n) is 5.10. The van der Waals surface area contributed by atoms with Crippen LogP contribution in [-0.2, 0) is 9.59 Å². The summed E-state index contributed by atoms with van der Waals surface area (Å²) in [4.78, 5) is 39.0. The summed E-state index contributed by atoms with van der Waals surface area (Å²) in [6.45, 7) is 2.21. The molecule has 0 aromatic heterocycles. The quantitative estimate of drug-likeness (QED) is 0.851. The zero-order valence-corrected chi connectivity index (χ0v) is 12.5. The molecule has 1 aromatic carbocycles. The van der Waals surface area contributed by atoms with E-state index in [9.17, 15) is 18.8 Å². The number of halogens is 1. The average Bonchev–Trinajstić information content (AvgIpc) is 2.53. The van der Waals surface area contributed by atoms with Gasteiger partial charge in [0.15, 0.2) is 0 Å². The van der Waals surface area contributed by atoms with Gasteiger partial charge in [0.05, 0.1) is 6.54 Å². The molecule has 3 amide bonds. The molecule has 0 unspecified atom stereocenters. The zero-order chi connectivity index (χ0) is 16.3. The number of carbonyl (C=O) groups is 3. The lowest BCUT2D eigenvalue weighted by Gasteiger charge is -2.40. The predicted molar refractivity (Wildman–Crippen MR) is 77.5 cm³/mol. The molecule has 1 heterocycles. The number of nitrogens with zero attached hydrogens (tertiary/aromatic N) is 2. The topological polar surface area (TPSA) is 69.7 Å². The number of hydrogen-bond donors (Lipinski definition) is 1. The minimum atomic E-state index is -0.750. The summed E-state index contributed by atoms with van der Waals surface area (Å²) >= 11 is 0. The normalized spacial score (nSPS) is 18.0. The van der Waals surface area contributed by atoms with E-state index >= 15 is 0 Å². The number of amides is 3. The van der Waals surface area contributed by atoms with Gasteiger partial charge in [-0.3, -0.25) is 14.4 Å². The van der Waals surface area contributed by atoms with E-state index in [4.69, 9.17) is 0 Å². The van der Waals surface area contributed by atoms with Crippen LogP contribution >= 0.6 is 0 Å². The second kappa shape index (κ2) is 6.55. The number of hydrogen-bond acceptors (Lipinski definition) is 3. The number of rotatable bonds is 2. The van der Waals surface area contributed by atoms with Crippen molar-refractivity contribution in [3.05, 3.63) is 35.6 Å². The monoisotopic (exact) mass is 307 g/mol. The van der Waals surface area contributed by atoms with Crippen molar-refractivity contribution in [3.63, 3.8) is 0 Å². The molecule has 0 spiro atoms. The molecule has 118 valence electrons. The van der Waals surface area contributed by atoms with Crippen LogP contribution in [0.4, 0.5) is 4.39 Å². The van der Waals surface area contributed by atoms with Crippen molar-refractivity contribution in [1.29, 1.82) is 0 Å². The molecule has 1 aliphatic heterocycles. The molecule has 22 heavy (non-hydrogen) atoms. The third-order valence-corrected chi connectivity index (χ3v) is 3.73. The molecule has 0 radical (unpaired) electrons. The molecule has 1 atom stereocenters. The first kappa shape index (κ1) is 15.9. The lowest BCUT2D eigenvalue weighted by molar-refractivity contribution is -0.135. The van der Waals surface area contributed by atoms with Crippen molar-refractivity contribution in [2.75, 3.05) is 26.7 Å². The highest BCUT2D eigenvalue weighted by Crippen LogP contribution is 2.15. The Morgan fingerprint density at radius 2 is 1.82 bits per heavy atom. The Bertz CT molecular complexity index is 588. The van der Waals surface area contributed by atoms with Gasteiger partial charge in [-0.1, -0.05) is 0 Å². The molecule has 1 fully saturated rings. The molecule has 1 aromatic rings. The van der Waals surface area contributed by atoms with Crippen LogP contribution < -0.4 is 5.32 Å². The summed E-state index contributed by atoms with van der Waals surface area (Å²) in [7, 11) is 1.48. The average molecular weight is 307 g/mol. The Morgan fingerprint density at radius 3 is 2.36 bits per heavy atom. The Kier molecular flexibility index (Phi) is 4.75. The zero-order valence-electron chi connectivity index (χ0n) is 12.5. The first-order valence-electron chi connectivity index (χ1n) is 6.97. The molecule has 1 saturated heterocycles. The number of carbonyl (C=O) groups excluding carboxylic acids is 3.